The van der Waals surface area contributed by atoms with Crippen LogP contribution in [0, 0.1) is 12.3 Å². The van der Waals surface area contributed by atoms with E-state index in [-0.39, 0.29) is 5.91 Å². The fourth-order valence-corrected chi connectivity index (χ4v) is 1.07. The van der Waals surface area contributed by atoms with E-state index in [1.54, 1.807) is 12.1 Å². The number of carbonyl (C=O) groups is 1. The molecule has 0 radical (unpaired) electrons. The number of carbonyl (C=O) groups excluding carboxylic acids is 1. The second-order valence-corrected chi connectivity index (χ2v) is 2.71. The molecule has 0 fully saturated rings. The van der Waals surface area contributed by atoms with Gasteiger partial charge in [0.1, 0.15) is 0 Å². The number of rotatable bonds is 2. The van der Waals surface area contributed by atoms with Crippen molar-refractivity contribution >= 4 is 12.1 Å². The molecule has 0 aliphatic carbocycles. The SMILES string of the molecule is Cc1ccc(C=N)c(C(=O)NN)c1. The largest absolute Gasteiger partial charge is 0.308 e. The highest BCUT2D eigenvalue weighted by atomic mass is 16.2. The second kappa shape index (κ2) is 3.82. The van der Waals surface area contributed by atoms with Crippen molar-refractivity contribution in [2.45, 2.75) is 6.92 Å². The Labute approximate surface area is 76.2 Å². The summed E-state index contributed by atoms with van der Waals surface area (Å²) in [7, 11) is 0. The summed E-state index contributed by atoms with van der Waals surface area (Å²) in [5.41, 5.74) is 3.99. The van der Waals surface area contributed by atoms with Crippen molar-refractivity contribution in [2.24, 2.45) is 5.84 Å². The van der Waals surface area contributed by atoms with Crippen molar-refractivity contribution in [3.8, 4) is 0 Å². The molecule has 0 aromatic heterocycles. The Hall–Kier alpha value is -1.68. The molecular weight excluding hydrogens is 166 g/mol. The van der Waals surface area contributed by atoms with Crippen LogP contribution in [-0.4, -0.2) is 12.1 Å². The Kier molecular flexibility index (Phi) is 2.76. The number of nitrogens with one attached hydrogen (secondary N) is 2. The third-order valence-corrected chi connectivity index (χ3v) is 1.74. The molecule has 0 saturated carbocycles. The third-order valence-electron chi connectivity index (χ3n) is 1.74. The van der Waals surface area contributed by atoms with Gasteiger partial charge < -0.3 is 5.41 Å². The van der Waals surface area contributed by atoms with Gasteiger partial charge in [-0.05, 0) is 13.0 Å². The predicted molar refractivity (Wildman–Crippen MR) is 50.7 cm³/mol. The molecule has 0 spiro atoms. The van der Waals surface area contributed by atoms with Crippen molar-refractivity contribution in [3.63, 3.8) is 0 Å². The van der Waals surface area contributed by atoms with Crippen LogP contribution in [0.15, 0.2) is 18.2 Å². The number of hydrogen-bond acceptors (Lipinski definition) is 3. The maximum absolute atomic E-state index is 11.2. The molecule has 0 atom stereocenters. The zero-order valence-electron chi connectivity index (χ0n) is 7.29. The van der Waals surface area contributed by atoms with Crippen LogP contribution >= 0.6 is 0 Å². The van der Waals surface area contributed by atoms with E-state index < -0.39 is 0 Å². The van der Waals surface area contributed by atoms with Crippen LogP contribution in [-0.2, 0) is 0 Å². The zero-order chi connectivity index (χ0) is 9.84. The van der Waals surface area contributed by atoms with Gasteiger partial charge >= 0.3 is 0 Å². The molecule has 1 amide bonds. The van der Waals surface area contributed by atoms with E-state index in [9.17, 15) is 4.79 Å². The van der Waals surface area contributed by atoms with Crippen LogP contribution in [0.1, 0.15) is 21.5 Å². The molecule has 13 heavy (non-hydrogen) atoms. The lowest BCUT2D eigenvalue weighted by Crippen LogP contribution is -2.30. The van der Waals surface area contributed by atoms with Crippen molar-refractivity contribution < 1.29 is 4.79 Å². The molecule has 4 N–H and O–H groups in total. The first kappa shape index (κ1) is 9.41. The minimum atomic E-state index is -0.373. The lowest BCUT2D eigenvalue weighted by atomic mass is 10.0. The van der Waals surface area contributed by atoms with Gasteiger partial charge in [-0.2, -0.15) is 0 Å². The van der Waals surface area contributed by atoms with E-state index in [1.165, 1.54) is 0 Å². The number of hydrazine groups is 1. The predicted octanol–water partition coefficient (Wildman–Crippen LogP) is 0.596. The van der Waals surface area contributed by atoms with Crippen LogP contribution in [0.4, 0.5) is 0 Å². The molecule has 4 nitrogen and oxygen atoms in total. The van der Waals surface area contributed by atoms with E-state index in [1.807, 2.05) is 18.4 Å². The molecule has 1 rings (SSSR count). The third kappa shape index (κ3) is 1.91. The van der Waals surface area contributed by atoms with E-state index in [2.05, 4.69) is 0 Å². The molecule has 1 aromatic carbocycles. The van der Waals surface area contributed by atoms with Gasteiger partial charge in [-0.25, -0.2) is 5.84 Å². The summed E-state index contributed by atoms with van der Waals surface area (Å²) in [4.78, 5) is 11.2. The fraction of sp³-hybridized carbons (Fsp3) is 0.111. The molecule has 68 valence electrons. The summed E-state index contributed by atoms with van der Waals surface area (Å²) < 4.78 is 0. The Morgan fingerprint density at radius 3 is 2.85 bits per heavy atom. The molecule has 0 saturated heterocycles. The number of nitrogens with two attached hydrogens (primary N) is 1. The summed E-state index contributed by atoms with van der Waals surface area (Å²) in [5.74, 6) is 4.63. The van der Waals surface area contributed by atoms with Crippen LogP contribution in [0.25, 0.3) is 0 Å². The first-order valence-corrected chi connectivity index (χ1v) is 3.81. The topological polar surface area (TPSA) is 79.0 Å². The highest BCUT2D eigenvalue weighted by Crippen LogP contribution is 2.09. The molecule has 0 aliphatic rings. The van der Waals surface area contributed by atoms with Crippen LogP contribution in [0.3, 0.4) is 0 Å². The molecule has 0 unspecified atom stereocenters. The van der Waals surface area contributed by atoms with Crippen molar-refractivity contribution in [1.82, 2.24) is 5.43 Å². The van der Waals surface area contributed by atoms with Crippen molar-refractivity contribution in [2.75, 3.05) is 0 Å². The quantitative estimate of drug-likeness (QED) is 0.267. The maximum Gasteiger partial charge on any atom is 0.265 e. The van der Waals surface area contributed by atoms with E-state index in [0.29, 0.717) is 11.1 Å². The van der Waals surface area contributed by atoms with Gasteiger partial charge in [-0.3, -0.25) is 10.2 Å². The Morgan fingerprint density at radius 1 is 1.62 bits per heavy atom. The highest BCUT2D eigenvalue weighted by Gasteiger charge is 2.07. The van der Waals surface area contributed by atoms with Gasteiger partial charge in [-0.15, -0.1) is 0 Å². The number of nitrogen functional groups attached to an aromatic ring is 1. The summed E-state index contributed by atoms with van der Waals surface area (Å²) >= 11 is 0. The highest BCUT2D eigenvalue weighted by molar-refractivity contribution is 6.01. The molecule has 0 heterocycles. The Balaban J connectivity index is 3.23. The fourth-order valence-electron chi connectivity index (χ4n) is 1.07. The Morgan fingerprint density at radius 2 is 2.31 bits per heavy atom. The van der Waals surface area contributed by atoms with Crippen LogP contribution < -0.4 is 11.3 Å². The van der Waals surface area contributed by atoms with Gasteiger partial charge in [0.05, 0.1) is 0 Å². The lowest BCUT2D eigenvalue weighted by Gasteiger charge is -2.04. The normalized spacial score (nSPS) is 9.38. The molecule has 4 heteroatoms. The van der Waals surface area contributed by atoms with Crippen LogP contribution in [0.5, 0.6) is 0 Å². The van der Waals surface area contributed by atoms with E-state index in [0.717, 1.165) is 11.8 Å². The van der Waals surface area contributed by atoms with Crippen molar-refractivity contribution in [1.29, 1.82) is 5.41 Å². The zero-order valence-corrected chi connectivity index (χ0v) is 7.29. The number of benzene rings is 1. The summed E-state index contributed by atoms with van der Waals surface area (Å²) in [5, 5.41) is 7.08. The van der Waals surface area contributed by atoms with E-state index in [4.69, 9.17) is 11.3 Å². The first-order chi connectivity index (χ1) is 6.19. The van der Waals surface area contributed by atoms with Gasteiger partial charge in [0.25, 0.3) is 5.91 Å². The summed E-state index contributed by atoms with van der Waals surface area (Å²) in [6.07, 6.45) is 1.13. The Bertz CT molecular complexity index is 347. The number of hydrogen-bond donors (Lipinski definition) is 3. The average Bonchev–Trinajstić information content (AvgIpc) is 2.16. The number of aryl methyl sites for hydroxylation is 1. The molecular formula is C9H11N3O. The maximum atomic E-state index is 11.2. The smallest absolute Gasteiger partial charge is 0.265 e. The summed E-state index contributed by atoms with van der Waals surface area (Å²) in [6, 6.07) is 5.25. The monoisotopic (exact) mass is 177 g/mol. The van der Waals surface area contributed by atoms with Gasteiger partial charge in [0.2, 0.25) is 0 Å². The molecule has 0 bridgehead atoms. The second-order valence-electron chi connectivity index (χ2n) is 2.71. The van der Waals surface area contributed by atoms with Gasteiger partial charge in [-0.1, -0.05) is 17.7 Å². The van der Waals surface area contributed by atoms with Gasteiger partial charge in [0.15, 0.2) is 0 Å². The van der Waals surface area contributed by atoms with Crippen molar-refractivity contribution in [3.05, 3.63) is 34.9 Å². The lowest BCUT2D eigenvalue weighted by molar-refractivity contribution is 0.0953. The molecule has 0 aliphatic heterocycles. The molecule has 1 aromatic rings. The minimum absolute atomic E-state index is 0.373. The average molecular weight is 177 g/mol. The first-order valence-electron chi connectivity index (χ1n) is 3.81. The number of amides is 1. The van der Waals surface area contributed by atoms with E-state index >= 15 is 0 Å². The van der Waals surface area contributed by atoms with Gasteiger partial charge in [0, 0.05) is 17.3 Å². The summed E-state index contributed by atoms with van der Waals surface area (Å²) in [6.45, 7) is 1.88. The standard InChI is InChI=1S/C9H11N3O/c1-6-2-3-7(5-10)8(4-6)9(13)12-11/h2-5,10H,11H2,1H3,(H,12,13). The van der Waals surface area contributed by atoms with Crippen LogP contribution in [0.2, 0.25) is 0 Å². The minimum Gasteiger partial charge on any atom is -0.308 e.